The minimum Gasteiger partial charge on any atom is -0.493 e. The van der Waals surface area contributed by atoms with Gasteiger partial charge in [0.05, 0.1) is 18.8 Å². The molecule has 114 valence electrons. The van der Waals surface area contributed by atoms with Crippen LogP contribution < -0.4 is 10.1 Å². The number of aromatic nitrogens is 2. The van der Waals surface area contributed by atoms with Gasteiger partial charge in [0.2, 0.25) is 0 Å². The van der Waals surface area contributed by atoms with Crippen molar-refractivity contribution >= 4 is 0 Å². The van der Waals surface area contributed by atoms with Crippen molar-refractivity contribution in [1.29, 1.82) is 0 Å². The predicted octanol–water partition coefficient (Wildman–Crippen LogP) is 3.22. The molecule has 1 aromatic carbocycles. The van der Waals surface area contributed by atoms with Crippen molar-refractivity contribution in [3.05, 3.63) is 47.3 Å². The smallest absolute Gasteiger partial charge is 0.124 e. The molecule has 0 saturated heterocycles. The summed E-state index contributed by atoms with van der Waals surface area (Å²) in [5, 5.41) is 7.93. The van der Waals surface area contributed by atoms with Gasteiger partial charge in [0.1, 0.15) is 5.75 Å². The van der Waals surface area contributed by atoms with Crippen LogP contribution >= 0.6 is 0 Å². The number of nitrogens with zero attached hydrogens (tertiary/aromatic N) is 2. The van der Waals surface area contributed by atoms with Crippen LogP contribution in [0.5, 0.6) is 5.75 Å². The molecule has 2 aromatic rings. The Bertz CT molecular complexity index is 577. The molecule has 1 heterocycles. The summed E-state index contributed by atoms with van der Waals surface area (Å²) in [4.78, 5) is 0. The van der Waals surface area contributed by atoms with Crippen molar-refractivity contribution in [3.8, 4) is 5.75 Å². The number of para-hydroxylation sites is 1. The van der Waals surface area contributed by atoms with Crippen LogP contribution in [0, 0.1) is 6.92 Å². The second-order valence-electron chi connectivity index (χ2n) is 5.19. The Hall–Kier alpha value is -1.81. The van der Waals surface area contributed by atoms with Gasteiger partial charge >= 0.3 is 0 Å². The van der Waals surface area contributed by atoms with E-state index in [1.807, 2.05) is 30.1 Å². The van der Waals surface area contributed by atoms with E-state index in [1.54, 1.807) is 0 Å². The second kappa shape index (κ2) is 7.27. The summed E-state index contributed by atoms with van der Waals surface area (Å²) in [6.07, 6.45) is 2.95. The maximum absolute atomic E-state index is 5.91. The number of hydrogen-bond donors (Lipinski definition) is 1. The Morgan fingerprint density at radius 2 is 2.00 bits per heavy atom. The Morgan fingerprint density at radius 1 is 1.24 bits per heavy atom. The number of rotatable bonds is 7. The van der Waals surface area contributed by atoms with E-state index in [1.165, 1.54) is 16.8 Å². The molecule has 0 bridgehead atoms. The third-order valence-corrected chi connectivity index (χ3v) is 3.68. The van der Waals surface area contributed by atoms with Crippen molar-refractivity contribution < 1.29 is 4.74 Å². The van der Waals surface area contributed by atoms with E-state index in [9.17, 15) is 0 Å². The SMILES string of the molecule is CCCOc1ccccc1C(NCC)c1cnn(C)c1C. The van der Waals surface area contributed by atoms with E-state index in [-0.39, 0.29) is 6.04 Å². The van der Waals surface area contributed by atoms with Gasteiger partial charge in [0.25, 0.3) is 0 Å². The van der Waals surface area contributed by atoms with Crippen molar-refractivity contribution in [2.75, 3.05) is 13.2 Å². The van der Waals surface area contributed by atoms with Gasteiger partial charge in [0.15, 0.2) is 0 Å². The number of aryl methyl sites for hydroxylation is 1. The lowest BCUT2D eigenvalue weighted by Crippen LogP contribution is -2.23. The Kier molecular flexibility index (Phi) is 5.39. The molecule has 2 rings (SSSR count). The fraction of sp³-hybridized carbons (Fsp3) is 0.471. The van der Waals surface area contributed by atoms with Crippen LogP contribution in [-0.4, -0.2) is 22.9 Å². The molecule has 21 heavy (non-hydrogen) atoms. The Balaban J connectivity index is 2.41. The molecular weight excluding hydrogens is 262 g/mol. The highest BCUT2D eigenvalue weighted by atomic mass is 16.5. The molecule has 1 aromatic heterocycles. The lowest BCUT2D eigenvalue weighted by atomic mass is 9.98. The first-order valence-electron chi connectivity index (χ1n) is 7.62. The molecule has 4 nitrogen and oxygen atoms in total. The molecule has 0 saturated carbocycles. The molecule has 0 amide bonds. The zero-order valence-electron chi connectivity index (χ0n) is 13.4. The number of ether oxygens (including phenoxy) is 1. The molecule has 0 spiro atoms. The maximum atomic E-state index is 5.91. The van der Waals surface area contributed by atoms with Crippen molar-refractivity contribution in [2.24, 2.45) is 7.05 Å². The highest BCUT2D eigenvalue weighted by molar-refractivity contribution is 5.42. The number of hydrogen-bond acceptors (Lipinski definition) is 3. The Labute approximate surface area is 127 Å². The summed E-state index contributed by atoms with van der Waals surface area (Å²) >= 11 is 0. The lowest BCUT2D eigenvalue weighted by Gasteiger charge is -2.21. The van der Waals surface area contributed by atoms with Crippen LogP contribution in [0.25, 0.3) is 0 Å². The molecule has 0 radical (unpaired) electrons. The molecule has 0 fully saturated rings. The lowest BCUT2D eigenvalue weighted by molar-refractivity contribution is 0.311. The molecule has 1 unspecified atom stereocenters. The quantitative estimate of drug-likeness (QED) is 0.850. The van der Waals surface area contributed by atoms with Crippen LogP contribution in [-0.2, 0) is 7.05 Å². The topological polar surface area (TPSA) is 39.1 Å². The molecular formula is C17H25N3O. The predicted molar refractivity (Wildman–Crippen MR) is 85.7 cm³/mol. The number of benzene rings is 1. The van der Waals surface area contributed by atoms with Crippen molar-refractivity contribution in [3.63, 3.8) is 0 Å². The highest BCUT2D eigenvalue weighted by Gasteiger charge is 2.21. The molecule has 0 aliphatic rings. The first kappa shape index (κ1) is 15.6. The molecule has 4 heteroatoms. The van der Waals surface area contributed by atoms with E-state index in [4.69, 9.17) is 4.74 Å². The fourth-order valence-corrected chi connectivity index (χ4v) is 2.45. The summed E-state index contributed by atoms with van der Waals surface area (Å²) in [7, 11) is 1.97. The first-order valence-corrected chi connectivity index (χ1v) is 7.62. The van der Waals surface area contributed by atoms with Gasteiger partial charge in [-0.2, -0.15) is 5.10 Å². The van der Waals surface area contributed by atoms with E-state index >= 15 is 0 Å². The van der Waals surface area contributed by atoms with Crippen molar-refractivity contribution in [1.82, 2.24) is 15.1 Å². The monoisotopic (exact) mass is 287 g/mol. The van der Waals surface area contributed by atoms with Gasteiger partial charge in [0, 0.05) is 23.9 Å². The first-order chi connectivity index (χ1) is 10.2. The molecule has 1 N–H and O–H groups in total. The average molecular weight is 287 g/mol. The van der Waals surface area contributed by atoms with E-state index in [0.29, 0.717) is 0 Å². The Morgan fingerprint density at radius 3 is 2.62 bits per heavy atom. The summed E-state index contributed by atoms with van der Waals surface area (Å²) < 4.78 is 7.83. The zero-order valence-corrected chi connectivity index (χ0v) is 13.4. The zero-order chi connectivity index (χ0) is 15.2. The maximum Gasteiger partial charge on any atom is 0.124 e. The summed E-state index contributed by atoms with van der Waals surface area (Å²) in [6.45, 7) is 7.97. The van der Waals surface area contributed by atoms with E-state index < -0.39 is 0 Å². The average Bonchev–Trinajstić information content (AvgIpc) is 2.83. The minimum absolute atomic E-state index is 0.108. The van der Waals surface area contributed by atoms with Crippen LogP contribution in [0.15, 0.2) is 30.5 Å². The van der Waals surface area contributed by atoms with Gasteiger partial charge in [-0.15, -0.1) is 0 Å². The summed E-state index contributed by atoms with van der Waals surface area (Å²) in [5.41, 5.74) is 3.54. The molecule has 1 atom stereocenters. The molecule has 0 aliphatic carbocycles. The van der Waals surface area contributed by atoms with Crippen LogP contribution in [0.3, 0.4) is 0 Å². The third kappa shape index (κ3) is 3.45. The summed E-state index contributed by atoms with van der Waals surface area (Å²) in [6, 6.07) is 8.36. The van der Waals surface area contributed by atoms with Gasteiger partial charge in [-0.3, -0.25) is 4.68 Å². The molecule has 0 aliphatic heterocycles. The standard InChI is InChI=1S/C17H25N3O/c1-5-11-21-16-10-8-7-9-14(16)17(18-6-2)15-12-19-20(4)13(15)3/h7-10,12,17-18H,5-6,11H2,1-4H3. The van der Waals surface area contributed by atoms with Crippen LogP contribution in [0.1, 0.15) is 43.1 Å². The van der Waals surface area contributed by atoms with Gasteiger partial charge in [-0.25, -0.2) is 0 Å². The van der Waals surface area contributed by atoms with Crippen molar-refractivity contribution in [2.45, 2.75) is 33.2 Å². The van der Waals surface area contributed by atoms with Gasteiger partial charge < -0.3 is 10.1 Å². The third-order valence-electron chi connectivity index (χ3n) is 3.68. The van der Waals surface area contributed by atoms with E-state index in [0.717, 1.165) is 25.3 Å². The normalized spacial score (nSPS) is 12.4. The van der Waals surface area contributed by atoms with Gasteiger partial charge in [-0.05, 0) is 26.0 Å². The van der Waals surface area contributed by atoms with E-state index in [2.05, 4.69) is 43.3 Å². The highest BCUT2D eigenvalue weighted by Crippen LogP contribution is 2.31. The number of nitrogens with one attached hydrogen (secondary N) is 1. The minimum atomic E-state index is 0.108. The second-order valence-corrected chi connectivity index (χ2v) is 5.19. The largest absolute Gasteiger partial charge is 0.493 e. The van der Waals surface area contributed by atoms with Crippen LogP contribution in [0.4, 0.5) is 0 Å². The van der Waals surface area contributed by atoms with Crippen LogP contribution in [0.2, 0.25) is 0 Å². The summed E-state index contributed by atoms with van der Waals surface area (Å²) in [5.74, 6) is 0.952. The fourth-order valence-electron chi connectivity index (χ4n) is 2.45. The van der Waals surface area contributed by atoms with Gasteiger partial charge in [-0.1, -0.05) is 32.0 Å².